The number of rotatable bonds is 13. The van der Waals surface area contributed by atoms with Gasteiger partial charge in [-0.2, -0.15) is 13.8 Å². The summed E-state index contributed by atoms with van der Waals surface area (Å²) in [6, 6.07) is -1.95. The highest BCUT2D eigenvalue weighted by atomic mass is 31.2. The van der Waals surface area contributed by atoms with Crippen LogP contribution in [0.2, 0.25) is 0 Å². The first-order chi connectivity index (χ1) is 18.8. The van der Waals surface area contributed by atoms with Crippen molar-refractivity contribution in [1.82, 2.24) is 19.7 Å². The number of nitrogens with two attached hydrogens (primary N) is 1. The molecule has 5 atom stereocenters. The number of aromatic nitrogens is 2. The van der Waals surface area contributed by atoms with E-state index in [2.05, 4.69) is 15.2 Å². The number of carbonyl (C=O) groups is 2. The number of ether oxygens (including phenoxy) is 3. The maximum absolute atomic E-state index is 15.3. The third-order valence-corrected chi connectivity index (χ3v) is 7.56. The zero-order valence-corrected chi connectivity index (χ0v) is 23.9. The Labute approximate surface area is 232 Å². The van der Waals surface area contributed by atoms with Gasteiger partial charge in [0.05, 0.1) is 18.8 Å². The molecule has 0 spiro atoms. The summed E-state index contributed by atoms with van der Waals surface area (Å²) in [4.78, 5) is 40.1. The molecule has 1 saturated heterocycles. The highest BCUT2D eigenvalue weighted by Crippen LogP contribution is 2.53. The van der Waals surface area contributed by atoms with Gasteiger partial charge in [0.1, 0.15) is 17.9 Å². The van der Waals surface area contributed by atoms with Crippen LogP contribution in [0.25, 0.3) is 0 Å². The van der Waals surface area contributed by atoms with Crippen molar-refractivity contribution in [3.8, 4) is 0 Å². The average molecular weight is 620 g/mol. The molecule has 1 aliphatic rings. The maximum atomic E-state index is 15.3. The van der Waals surface area contributed by atoms with Crippen LogP contribution in [0.3, 0.4) is 0 Å². The maximum Gasteiger partial charge on any atom is 0.351 e. The summed E-state index contributed by atoms with van der Waals surface area (Å²) in [5.41, 5.74) is 0.0956. The zero-order valence-electron chi connectivity index (χ0n) is 23.0. The summed E-state index contributed by atoms with van der Waals surface area (Å²) in [6.45, 7) is 6.50. The lowest BCUT2D eigenvalue weighted by atomic mass is 9.95. The van der Waals surface area contributed by atoms with Crippen LogP contribution < -0.4 is 21.6 Å². The minimum Gasteiger partial charge on any atom is -0.462 e. The van der Waals surface area contributed by atoms with E-state index < -0.39 is 86.5 Å². The third kappa shape index (κ3) is 7.81. The molecule has 234 valence electrons. The molecule has 0 unspecified atom stereocenters. The van der Waals surface area contributed by atoms with Crippen molar-refractivity contribution in [2.75, 3.05) is 12.3 Å². The number of nitrogens with one attached hydrogen (secondary N) is 2. The molecule has 1 aliphatic heterocycles. The van der Waals surface area contributed by atoms with E-state index in [1.165, 1.54) is 27.7 Å². The Morgan fingerprint density at radius 1 is 1.12 bits per heavy atom. The van der Waals surface area contributed by atoms with Crippen LogP contribution in [0, 0.1) is 0 Å². The number of aliphatic hydroxyl groups excluding tert-OH is 1. The Balaban J connectivity index is 2.45. The fourth-order valence-electron chi connectivity index (χ4n) is 3.59. The van der Waals surface area contributed by atoms with Crippen molar-refractivity contribution in [2.24, 2.45) is 0 Å². The molecule has 2 heterocycles. The Kier molecular flexibility index (Phi) is 11.1. The molecule has 2 rings (SSSR count). The van der Waals surface area contributed by atoms with E-state index in [4.69, 9.17) is 24.5 Å². The summed E-state index contributed by atoms with van der Waals surface area (Å²) in [7, 11) is -4.87. The lowest BCUT2D eigenvalue weighted by molar-refractivity contribution is -0.241. The predicted molar refractivity (Wildman–Crippen MR) is 134 cm³/mol. The minimum absolute atomic E-state index is 0.317. The number of esters is 2. The van der Waals surface area contributed by atoms with E-state index in [0.717, 1.165) is 26.1 Å². The number of carbonyl (C=O) groups excluding carboxylic acids is 2. The van der Waals surface area contributed by atoms with Crippen molar-refractivity contribution in [1.29, 1.82) is 0 Å². The second-order valence-electron chi connectivity index (χ2n) is 9.81. The van der Waals surface area contributed by atoms with Crippen molar-refractivity contribution in [3.63, 3.8) is 0 Å². The Morgan fingerprint density at radius 2 is 1.61 bits per heavy atom. The average Bonchev–Trinajstić information content (AvgIpc) is 3.03. The molecule has 1 fully saturated rings. The molecule has 0 bridgehead atoms. The number of alkyl halides is 4. The number of nitrogens with zero attached hydrogens (tertiary/aromatic N) is 2. The van der Waals surface area contributed by atoms with E-state index in [-0.39, 0.29) is 5.82 Å². The van der Waals surface area contributed by atoms with Crippen LogP contribution in [-0.2, 0) is 32.9 Å². The number of nitrogen functional groups attached to an aromatic ring is 1. The summed E-state index contributed by atoms with van der Waals surface area (Å²) in [5, 5.41) is 14.6. The molecule has 5 N–H and O–H groups in total. The molecule has 0 aromatic carbocycles. The zero-order chi connectivity index (χ0) is 31.5. The molecule has 0 saturated carbocycles. The Morgan fingerprint density at radius 3 is 2.02 bits per heavy atom. The van der Waals surface area contributed by atoms with E-state index in [1.54, 1.807) is 0 Å². The summed E-state index contributed by atoms with van der Waals surface area (Å²) in [6.07, 6.45) is -9.93. The first kappa shape index (κ1) is 34.6. The van der Waals surface area contributed by atoms with Gasteiger partial charge < -0.3 is 29.6 Å². The van der Waals surface area contributed by atoms with Gasteiger partial charge in [0.15, 0.2) is 12.3 Å². The summed E-state index contributed by atoms with van der Waals surface area (Å²) < 4.78 is 93.3. The van der Waals surface area contributed by atoms with Gasteiger partial charge >= 0.3 is 31.2 Å². The molecule has 0 amide bonds. The fourth-order valence-corrected chi connectivity index (χ4v) is 5.42. The molecule has 41 heavy (non-hydrogen) atoms. The van der Waals surface area contributed by atoms with Crippen LogP contribution >= 0.6 is 7.67 Å². The quantitative estimate of drug-likeness (QED) is 0.141. The van der Waals surface area contributed by atoms with Gasteiger partial charge in [-0.15, -0.1) is 0 Å². The molecular formula is C22H34F4N5O9P. The first-order valence-electron chi connectivity index (χ1n) is 12.3. The van der Waals surface area contributed by atoms with E-state index >= 15 is 8.78 Å². The van der Waals surface area contributed by atoms with Gasteiger partial charge in [0.2, 0.25) is 5.60 Å². The summed E-state index contributed by atoms with van der Waals surface area (Å²) >= 11 is 0. The fraction of sp³-hybridized carbons (Fsp3) is 0.727. The van der Waals surface area contributed by atoms with Crippen LogP contribution in [0.15, 0.2) is 17.1 Å². The predicted octanol–water partition coefficient (Wildman–Crippen LogP) is 1.34. The standard InChI is InChI=1S/C22H34F4N5O9P/c1-10(2)38-17(33)12(5)29-41(36,30-13(6)18(34)39-11(3)4)37-9-21(19(23)24)22(25,26)15(32)16(40-21)31-8-7-14(27)28-20(31)35/h7-8,10-13,15-16,19,32H,9H2,1-6H3,(H2,27,28,35)(H2,29,30,36)/t12-,13-,15-,16+,21-/m0/s1. The van der Waals surface area contributed by atoms with Crippen LogP contribution in [0.4, 0.5) is 23.4 Å². The van der Waals surface area contributed by atoms with E-state index in [1.807, 2.05) is 0 Å². The van der Waals surface area contributed by atoms with E-state index in [0.29, 0.717) is 4.57 Å². The van der Waals surface area contributed by atoms with Crippen molar-refractivity contribution >= 4 is 25.4 Å². The highest BCUT2D eigenvalue weighted by molar-refractivity contribution is 7.54. The van der Waals surface area contributed by atoms with Crippen LogP contribution in [0.5, 0.6) is 0 Å². The lowest BCUT2D eigenvalue weighted by Crippen LogP contribution is -2.58. The monoisotopic (exact) mass is 619 g/mol. The van der Waals surface area contributed by atoms with Crippen LogP contribution in [-0.4, -0.2) is 81.5 Å². The Hall–Kier alpha value is -2.63. The van der Waals surface area contributed by atoms with Gasteiger partial charge in [-0.3, -0.25) is 18.7 Å². The van der Waals surface area contributed by atoms with Crippen LogP contribution in [0.1, 0.15) is 47.8 Å². The molecule has 0 radical (unpaired) electrons. The second kappa shape index (κ2) is 13.1. The lowest BCUT2D eigenvalue weighted by Gasteiger charge is -2.35. The minimum atomic E-state index is -4.87. The van der Waals surface area contributed by atoms with Crippen molar-refractivity contribution in [3.05, 3.63) is 22.7 Å². The molecule has 0 aliphatic carbocycles. The third-order valence-electron chi connectivity index (χ3n) is 5.61. The highest BCUT2D eigenvalue weighted by Gasteiger charge is 2.74. The number of halogens is 4. The van der Waals surface area contributed by atoms with E-state index in [9.17, 15) is 32.8 Å². The number of aliphatic hydroxyl groups is 1. The molecular weight excluding hydrogens is 585 g/mol. The SMILES string of the molecule is CC(C)OC(=O)[C@H](C)NP(=O)(N[C@@H](C)C(=O)OC(C)C)OC[C@@]1(C(F)F)O[C@@H](n2ccc(N)nc2=O)[C@H](O)C1(F)F. The normalized spacial score (nSPS) is 24.0. The molecule has 19 heteroatoms. The molecule has 1 aromatic heterocycles. The van der Waals surface area contributed by atoms with Gasteiger partial charge in [0, 0.05) is 6.20 Å². The number of hydrogen-bond acceptors (Lipinski definition) is 11. The molecule has 1 aromatic rings. The largest absolute Gasteiger partial charge is 0.462 e. The smallest absolute Gasteiger partial charge is 0.351 e. The van der Waals surface area contributed by atoms with Gasteiger partial charge in [0.25, 0.3) is 6.43 Å². The van der Waals surface area contributed by atoms with Gasteiger partial charge in [-0.05, 0) is 47.6 Å². The van der Waals surface area contributed by atoms with Gasteiger partial charge in [-0.25, -0.2) is 23.7 Å². The second-order valence-corrected chi connectivity index (χ2v) is 11.7. The molecule has 14 nitrogen and oxygen atoms in total. The number of anilines is 1. The summed E-state index contributed by atoms with van der Waals surface area (Å²) in [5.74, 6) is -7.07. The van der Waals surface area contributed by atoms with Gasteiger partial charge in [-0.1, -0.05) is 0 Å². The topological polar surface area (TPSA) is 193 Å². The van der Waals surface area contributed by atoms with Crippen molar-refractivity contribution < 1.29 is 55.6 Å². The first-order valence-corrected chi connectivity index (χ1v) is 14.0. The van der Waals surface area contributed by atoms with Crippen molar-refractivity contribution in [2.45, 2.75) is 96.1 Å². The number of hydrogen-bond donors (Lipinski definition) is 4. The Bertz CT molecular complexity index is 1170.